The molecule has 0 aliphatic heterocycles. The van der Waals surface area contributed by atoms with Gasteiger partial charge in [-0.1, -0.05) is 24.0 Å². The van der Waals surface area contributed by atoms with Crippen LogP contribution < -0.4 is 5.32 Å². The fraction of sp³-hybridized carbons (Fsp3) is 0.308. The van der Waals surface area contributed by atoms with Crippen LogP contribution in [0.4, 0.5) is 5.69 Å². The summed E-state index contributed by atoms with van der Waals surface area (Å²) in [5.74, 6) is 0.188. The number of carbonyl (C=O) groups is 1. The molecule has 0 unspecified atom stereocenters. The van der Waals surface area contributed by atoms with Crippen LogP contribution in [-0.4, -0.2) is 35.0 Å². The zero-order chi connectivity index (χ0) is 15.1. The molecule has 0 atom stereocenters. The Morgan fingerprint density at radius 2 is 2.20 bits per heavy atom. The molecule has 1 aromatic carbocycles. The van der Waals surface area contributed by atoms with Crippen molar-refractivity contribution in [2.24, 2.45) is 0 Å². The summed E-state index contributed by atoms with van der Waals surface area (Å²) in [6.07, 6.45) is 0. The molecule has 0 aromatic heterocycles. The van der Waals surface area contributed by atoms with Crippen molar-refractivity contribution in [3.63, 3.8) is 0 Å². The molecule has 1 aromatic rings. The summed E-state index contributed by atoms with van der Waals surface area (Å²) >= 11 is 7.54. The molecular weight excluding hydrogens is 310 g/mol. The van der Waals surface area contributed by atoms with Crippen molar-refractivity contribution < 1.29 is 4.79 Å². The fourth-order valence-corrected chi connectivity index (χ4v) is 2.57. The number of carbonyl (C=O) groups excluding carboxylic acids is 1. The van der Waals surface area contributed by atoms with Gasteiger partial charge in [0.15, 0.2) is 0 Å². The second-order valence-electron chi connectivity index (χ2n) is 4.17. The van der Waals surface area contributed by atoms with Crippen LogP contribution in [0.3, 0.4) is 0 Å². The number of nitrogens with one attached hydrogen (secondary N) is 1. The quantitative estimate of drug-likeness (QED) is 0.521. The zero-order valence-electron chi connectivity index (χ0n) is 11.5. The maximum atomic E-state index is 11.8. The molecular formula is C13H15N3OS3. The Balaban J connectivity index is 2.58. The third kappa shape index (κ3) is 5.41. The van der Waals surface area contributed by atoms with E-state index >= 15 is 0 Å². The molecule has 0 radical (unpaired) electrons. The van der Waals surface area contributed by atoms with E-state index in [0.29, 0.717) is 4.32 Å². The Labute approximate surface area is 132 Å². The highest BCUT2D eigenvalue weighted by molar-refractivity contribution is 8.23. The van der Waals surface area contributed by atoms with Crippen LogP contribution in [0.5, 0.6) is 0 Å². The summed E-state index contributed by atoms with van der Waals surface area (Å²) in [5.41, 5.74) is 1.69. The predicted octanol–water partition coefficient (Wildman–Crippen LogP) is 3.09. The summed E-state index contributed by atoms with van der Waals surface area (Å²) in [7, 11) is 3.70. The van der Waals surface area contributed by atoms with Crippen LogP contribution in [-0.2, 0) is 4.79 Å². The van der Waals surface area contributed by atoms with Gasteiger partial charge in [-0.15, -0.1) is 0 Å². The number of amides is 1. The van der Waals surface area contributed by atoms with E-state index in [1.807, 2.05) is 44.6 Å². The third-order valence-electron chi connectivity index (χ3n) is 2.33. The van der Waals surface area contributed by atoms with Crippen molar-refractivity contribution in [1.82, 2.24) is 4.90 Å². The lowest BCUT2D eigenvalue weighted by Gasteiger charge is -2.13. The minimum atomic E-state index is -0.0945. The number of hydrogen-bond donors (Lipinski definition) is 1. The number of aryl methyl sites for hydroxylation is 1. The highest BCUT2D eigenvalue weighted by atomic mass is 32.2. The van der Waals surface area contributed by atoms with E-state index in [1.165, 1.54) is 11.8 Å². The standard InChI is InChI=1S/C13H15N3OS3/c1-9-6-10(20-8-14)4-5-11(9)15-12(17)7-19-13(18)16(2)3/h4-6H,7H2,1-3H3,(H,15,17). The van der Waals surface area contributed by atoms with Crippen molar-refractivity contribution >= 4 is 51.7 Å². The van der Waals surface area contributed by atoms with E-state index < -0.39 is 0 Å². The molecule has 0 bridgehead atoms. The number of thioether (sulfide) groups is 2. The summed E-state index contributed by atoms with van der Waals surface area (Å²) in [6.45, 7) is 1.90. The molecule has 0 fully saturated rings. The highest BCUT2D eigenvalue weighted by Gasteiger charge is 2.08. The van der Waals surface area contributed by atoms with Gasteiger partial charge in [-0.25, -0.2) is 0 Å². The maximum absolute atomic E-state index is 11.8. The third-order valence-corrected chi connectivity index (χ3v) is 4.65. The first-order chi connectivity index (χ1) is 9.43. The van der Waals surface area contributed by atoms with Crippen LogP contribution in [0.1, 0.15) is 5.56 Å². The van der Waals surface area contributed by atoms with Gasteiger partial charge in [-0.3, -0.25) is 4.79 Å². The van der Waals surface area contributed by atoms with Gasteiger partial charge < -0.3 is 10.2 Å². The molecule has 0 spiro atoms. The highest BCUT2D eigenvalue weighted by Crippen LogP contribution is 2.23. The first-order valence-corrected chi connectivity index (χ1v) is 7.95. The molecule has 0 saturated carbocycles. The van der Waals surface area contributed by atoms with E-state index in [2.05, 4.69) is 5.32 Å². The first-order valence-electron chi connectivity index (χ1n) is 5.74. The second kappa shape index (κ2) is 8.15. The molecule has 1 rings (SSSR count). The van der Waals surface area contributed by atoms with Crippen molar-refractivity contribution in [2.45, 2.75) is 11.8 Å². The average Bonchev–Trinajstić information content (AvgIpc) is 2.39. The van der Waals surface area contributed by atoms with Crippen molar-refractivity contribution in [2.75, 3.05) is 25.2 Å². The number of nitrogens with zero attached hydrogens (tertiary/aromatic N) is 2. The molecule has 20 heavy (non-hydrogen) atoms. The lowest BCUT2D eigenvalue weighted by Crippen LogP contribution is -2.21. The van der Waals surface area contributed by atoms with E-state index in [-0.39, 0.29) is 11.7 Å². The molecule has 1 N–H and O–H groups in total. The number of anilines is 1. The lowest BCUT2D eigenvalue weighted by atomic mass is 10.2. The molecule has 1 amide bonds. The number of nitriles is 1. The summed E-state index contributed by atoms with van der Waals surface area (Å²) < 4.78 is 0.678. The Bertz CT molecular complexity index is 552. The average molecular weight is 325 g/mol. The molecule has 0 aliphatic carbocycles. The van der Waals surface area contributed by atoms with E-state index in [4.69, 9.17) is 17.5 Å². The van der Waals surface area contributed by atoms with Crippen LogP contribution in [0.15, 0.2) is 23.1 Å². The molecule has 0 heterocycles. The van der Waals surface area contributed by atoms with Crippen LogP contribution in [0.25, 0.3) is 0 Å². The molecule has 7 heteroatoms. The first kappa shape index (κ1) is 16.8. The smallest absolute Gasteiger partial charge is 0.234 e. The van der Waals surface area contributed by atoms with E-state index in [1.54, 1.807) is 4.90 Å². The Hall–Kier alpha value is -1.23. The van der Waals surface area contributed by atoms with Crippen LogP contribution in [0, 0.1) is 17.6 Å². The number of hydrogen-bond acceptors (Lipinski definition) is 5. The normalized spacial score (nSPS) is 9.70. The minimum absolute atomic E-state index is 0.0945. The monoisotopic (exact) mass is 325 g/mol. The number of benzene rings is 1. The van der Waals surface area contributed by atoms with Crippen molar-refractivity contribution in [1.29, 1.82) is 5.26 Å². The summed E-state index contributed by atoms with van der Waals surface area (Å²) in [6, 6.07) is 5.50. The number of thiocyanates is 1. The van der Waals surface area contributed by atoms with Gasteiger partial charge in [0.25, 0.3) is 0 Å². The number of rotatable bonds is 4. The lowest BCUT2D eigenvalue weighted by molar-refractivity contribution is -0.113. The molecule has 4 nitrogen and oxygen atoms in total. The van der Waals surface area contributed by atoms with Crippen LogP contribution in [0.2, 0.25) is 0 Å². The zero-order valence-corrected chi connectivity index (χ0v) is 13.9. The topological polar surface area (TPSA) is 56.1 Å². The van der Waals surface area contributed by atoms with Gasteiger partial charge >= 0.3 is 0 Å². The molecule has 106 valence electrons. The van der Waals surface area contributed by atoms with E-state index in [9.17, 15) is 4.79 Å². The molecule has 0 aliphatic rings. The molecule has 0 saturated heterocycles. The van der Waals surface area contributed by atoms with Gasteiger partial charge in [0.2, 0.25) is 5.91 Å². The van der Waals surface area contributed by atoms with Crippen LogP contribution >= 0.6 is 35.7 Å². The predicted molar refractivity (Wildman–Crippen MR) is 90.0 cm³/mol. The van der Waals surface area contributed by atoms with Gasteiger partial charge in [0.05, 0.1) is 5.75 Å². The summed E-state index contributed by atoms with van der Waals surface area (Å²) in [4.78, 5) is 14.5. The van der Waals surface area contributed by atoms with Gasteiger partial charge in [-0.05, 0) is 42.4 Å². The minimum Gasteiger partial charge on any atom is -0.364 e. The largest absolute Gasteiger partial charge is 0.364 e. The van der Waals surface area contributed by atoms with Crippen molar-refractivity contribution in [3.05, 3.63) is 23.8 Å². The number of thiocarbonyl (C=S) groups is 1. The van der Waals surface area contributed by atoms with Gasteiger partial charge in [0, 0.05) is 24.7 Å². The second-order valence-corrected chi connectivity index (χ2v) is 6.63. The Morgan fingerprint density at radius 1 is 1.50 bits per heavy atom. The SMILES string of the molecule is Cc1cc(SC#N)ccc1NC(=O)CSC(=S)N(C)C. The van der Waals surface area contributed by atoms with Crippen molar-refractivity contribution in [3.8, 4) is 5.40 Å². The Kier molecular flexibility index (Phi) is 6.85. The summed E-state index contributed by atoms with van der Waals surface area (Å²) in [5, 5.41) is 13.5. The Morgan fingerprint density at radius 3 is 2.75 bits per heavy atom. The fourth-order valence-electron chi connectivity index (χ4n) is 1.34. The maximum Gasteiger partial charge on any atom is 0.234 e. The van der Waals surface area contributed by atoms with Gasteiger partial charge in [-0.2, -0.15) is 5.26 Å². The van der Waals surface area contributed by atoms with Gasteiger partial charge in [0.1, 0.15) is 9.72 Å². The van der Waals surface area contributed by atoms with E-state index in [0.717, 1.165) is 27.9 Å².